The van der Waals surface area contributed by atoms with Crippen LogP contribution >= 0.6 is 23.2 Å². The standard InChI is InChI=1S/C22H22Cl2N2O5/c1-25(2)8-9-26-19(12-4-7-15(23)16(24)10-12)18(21(29)22(26)30)20(28)14-6-5-13(31-3)11-17(14)27/h4-7,10-11,19,27-28H,8-9H2,1-3H3/t19-/m1/s1. The van der Waals surface area contributed by atoms with Gasteiger partial charge in [-0.1, -0.05) is 29.3 Å². The number of amides is 1. The summed E-state index contributed by atoms with van der Waals surface area (Å²) in [5.41, 5.74) is 0.390. The summed E-state index contributed by atoms with van der Waals surface area (Å²) in [5.74, 6) is -1.98. The third-order valence-electron chi connectivity index (χ3n) is 5.05. The van der Waals surface area contributed by atoms with Gasteiger partial charge < -0.3 is 24.7 Å². The van der Waals surface area contributed by atoms with Crippen molar-refractivity contribution in [3.05, 3.63) is 63.1 Å². The van der Waals surface area contributed by atoms with Crippen molar-refractivity contribution in [1.29, 1.82) is 0 Å². The van der Waals surface area contributed by atoms with Gasteiger partial charge in [-0.2, -0.15) is 0 Å². The number of hydrogen-bond acceptors (Lipinski definition) is 6. The number of likely N-dealkylation sites (tertiary alicyclic amines) is 1. The minimum absolute atomic E-state index is 0.0106. The molecule has 0 radical (unpaired) electrons. The van der Waals surface area contributed by atoms with Crippen LogP contribution in [-0.4, -0.2) is 66.0 Å². The van der Waals surface area contributed by atoms with Gasteiger partial charge in [0.05, 0.1) is 34.3 Å². The largest absolute Gasteiger partial charge is 0.507 e. The number of Topliss-reactive ketones (excluding diaryl/α,β-unsaturated/α-hetero) is 1. The number of carbonyl (C=O) groups excluding carboxylic acids is 2. The number of carbonyl (C=O) groups is 2. The molecule has 1 aliphatic heterocycles. The minimum Gasteiger partial charge on any atom is -0.507 e. The van der Waals surface area contributed by atoms with Gasteiger partial charge in [-0.05, 0) is 43.9 Å². The van der Waals surface area contributed by atoms with Crippen molar-refractivity contribution in [2.24, 2.45) is 0 Å². The van der Waals surface area contributed by atoms with E-state index in [1.807, 2.05) is 19.0 Å². The molecule has 0 saturated carbocycles. The predicted molar refractivity (Wildman–Crippen MR) is 119 cm³/mol. The summed E-state index contributed by atoms with van der Waals surface area (Å²) in [7, 11) is 5.13. The Balaban J connectivity index is 2.19. The summed E-state index contributed by atoms with van der Waals surface area (Å²) >= 11 is 12.2. The molecule has 1 fully saturated rings. The van der Waals surface area contributed by atoms with Gasteiger partial charge in [-0.25, -0.2) is 0 Å². The number of likely N-dealkylation sites (N-methyl/N-ethyl adjacent to an activating group) is 1. The molecule has 1 heterocycles. The summed E-state index contributed by atoms with van der Waals surface area (Å²) in [5, 5.41) is 21.9. The van der Waals surface area contributed by atoms with E-state index in [1.54, 1.807) is 18.2 Å². The Labute approximate surface area is 190 Å². The minimum atomic E-state index is -0.892. The van der Waals surface area contributed by atoms with Gasteiger partial charge in [-0.3, -0.25) is 9.59 Å². The third-order valence-corrected chi connectivity index (χ3v) is 5.79. The zero-order chi connectivity index (χ0) is 22.9. The monoisotopic (exact) mass is 464 g/mol. The van der Waals surface area contributed by atoms with Crippen LogP contribution in [0.2, 0.25) is 10.0 Å². The van der Waals surface area contributed by atoms with Crippen LogP contribution in [0.25, 0.3) is 5.76 Å². The zero-order valence-corrected chi connectivity index (χ0v) is 18.7. The molecule has 164 valence electrons. The lowest BCUT2D eigenvalue weighted by Gasteiger charge is -2.26. The van der Waals surface area contributed by atoms with E-state index in [1.165, 1.54) is 30.2 Å². The molecule has 0 unspecified atom stereocenters. The number of ketones is 1. The van der Waals surface area contributed by atoms with E-state index >= 15 is 0 Å². The Bertz CT molecular complexity index is 1070. The summed E-state index contributed by atoms with van der Waals surface area (Å²) in [6.45, 7) is 0.743. The Morgan fingerprint density at radius 3 is 2.42 bits per heavy atom. The van der Waals surface area contributed by atoms with Gasteiger partial charge in [0.1, 0.15) is 17.3 Å². The van der Waals surface area contributed by atoms with Gasteiger partial charge in [0.25, 0.3) is 11.7 Å². The number of benzene rings is 2. The molecule has 0 spiro atoms. The summed E-state index contributed by atoms with van der Waals surface area (Å²) in [4.78, 5) is 29.1. The fourth-order valence-electron chi connectivity index (χ4n) is 3.43. The topological polar surface area (TPSA) is 90.3 Å². The second-order valence-electron chi connectivity index (χ2n) is 7.35. The summed E-state index contributed by atoms with van der Waals surface area (Å²) < 4.78 is 5.06. The molecule has 2 aromatic rings. The normalized spacial score (nSPS) is 18.1. The van der Waals surface area contributed by atoms with Crippen molar-refractivity contribution in [1.82, 2.24) is 9.80 Å². The maximum atomic E-state index is 13.0. The maximum absolute atomic E-state index is 13.0. The molecule has 7 nitrogen and oxygen atoms in total. The molecular weight excluding hydrogens is 443 g/mol. The third kappa shape index (κ3) is 4.49. The lowest BCUT2D eigenvalue weighted by molar-refractivity contribution is -0.140. The first-order valence-electron chi connectivity index (χ1n) is 9.41. The summed E-state index contributed by atoms with van der Waals surface area (Å²) in [6, 6.07) is 8.14. The number of aliphatic hydroxyl groups excluding tert-OH is 1. The van der Waals surface area contributed by atoms with Gasteiger partial charge >= 0.3 is 0 Å². The molecule has 31 heavy (non-hydrogen) atoms. The average Bonchev–Trinajstić information content (AvgIpc) is 2.98. The van der Waals surface area contributed by atoms with Crippen LogP contribution in [0.15, 0.2) is 42.0 Å². The Morgan fingerprint density at radius 2 is 1.84 bits per heavy atom. The van der Waals surface area contributed by atoms with Gasteiger partial charge in [0, 0.05) is 19.2 Å². The second-order valence-corrected chi connectivity index (χ2v) is 8.17. The van der Waals surface area contributed by atoms with Crippen molar-refractivity contribution in [3.63, 3.8) is 0 Å². The summed E-state index contributed by atoms with van der Waals surface area (Å²) in [6.07, 6.45) is 0. The lowest BCUT2D eigenvalue weighted by atomic mass is 9.95. The Kier molecular flexibility index (Phi) is 6.79. The highest BCUT2D eigenvalue weighted by atomic mass is 35.5. The van der Waals surface area contributed by atoms with Crippen LogP contribution in [0.4, 0.5) is 0 Å². The number of halogens is 2. The van der Waals surface area contributed by atoms with Crippen molar-refractivity contribution in [2.45, 2.75) is 6.04 Å². The smallest absolute Gasteiger partial charge is 0.295 e. The van der Waals surface area contributed by atoms with E-state index in [0.717, 1.165) is 0 Å². The number of rotatable bonds is 6. The van der Waals surface area contributed by atoms with E-state index in [-0.39, 0.29) is 28.5 Å². The number of aromatic hydroxyl groups is 1. The highest BCUT2D eigenvalue weighted by Crippen LogP contribution is 2.42. The van der Waals surface area contributed by atoms with Crippen molar-refractivity contribution < 1.29 is 24.5 Å². The SMILES string of the molecule is COc1ccc(C(O)=C2C(=O)C(=O)N(CCN(C)C)[C@@H]2c2ccc(Cl)c(Cl)c2)c(O)c1. The molecule has 0 aromatic heterocycles. The first kappa shape index (κ1) is 22.9. The van der Waals surface area contributed by atoms with E-state index in [4.69, 9.17) is 27.9 Å². The van der Waals surface area contributed by atoms with Gasteiger partial charge in [-0.15, -0.1) is 0 Å². The highest BCUT2D eigenvalue weighted by molar-refractivity contribution is 6.47. The molecular formula is C22H22Cl2N2O5. The van der Waals surface area contributed by atoms with E-state index in [0.29, 0.717) is 22.9 Å². The molecule has 2 N–H and O–H groups in total. The first-order valence-corrected chi connectivity index (χ1v) is 10.2. The van der Waals surface area contributed by atoms with Crippen LogP contribution in [0.5, 0.6) is 11.5 Å². The molecule has 1 amide bonds. The molecule has 3 rings (SSSR count). The number of nitrogens with zero attached hydrogens (tertiary/aromatic N) is 2. The molecule has 1 aliphatic rings. The molecule has 0 bridgehead atoms. The Morgan fingerprint density at radius 1 is 1.13 bits per heavy atom. The van der Waals surface area contributed by atoms with Crippen molar-refractivity contribution in [2.75, 3.05) is 34.3 Å². The Hall–Kier alpha value is -2.74. The predicted octanol–water partition coefficient (Wildman–Crippen LogP) is 3.69. The second kappa shape index (κ2) is 9.18. The van der Waals surface area contributed by atoms with Crippen LogP contribution in [0.3, 0.4) is 0 Å². The average molecular weight is 465 g/mol. The van der Waals surface area contributed by atoms with E-state index in [9.17, 15) is 19.8 Å². The highest BCUT2D eigenvalue weighted by Gasteiger charge is 2.46. The van der Waals surface area contributed by atoms with Crippen LogP contribution in [-0.2, 0) is 9.59 Å². The molecule has 9 heteroatoms. The lowest BCUT2D eigenvalue weighted by Crippen LogP contribution is -2.35. The fourth-order valence-corrected chi connectivity index (χ4v) is 3.74. The molecule has 1 saturated heterocycles. The van der Waals surface area contributed by atoms with Crippen LogP contribution < -0.4 is 4.74 Å². The van der Waals surface area contributed by atoms with Gasteiger partial charge in [0.2, 0.25) is 0 Å². The van der Waals surface area contributed by atoms with Crippen molar-refractivity contribution in [3.8, 4) is 11.5 Å². The van der Waals surface area contributed by atoms with Crippen molar-refractivity contribution >= 4 is 40.7 Å². The number of phenolic OH excluding ortho intramolecular Hbond substituents is 1. The number of methoxy groups -OCH3 is 1. The number of hydrogen-bond donors (Lipinski definition) is 2. The van der Waals surface area contributed by atoms with E-state index in [2.05, 4.69) is 0 Å². The number of aliphatic hydroxyl groups is 1. The van der Waals surface area contributed by atoms with Crippen LogP contribution in [0, 0.1) is 0 Å². The zero-order valence-electron chi connectivity index (χ0n) is 17.2. The molecule has 2 aromatic carbocycles. The first-order chi connectivity index (χ1) is 14.6. The molecule has 1 atom stereocenters. The van der Waals surface area contributed by atoms with Gasteiger partial charge in [0.15, 0.2) is 0 Å². The molecule has 0 aliphatic carbocycles. The number of ether oxygens (including phenoxy) is 1. The van der Waals surface area contributed by atoms with E-state index < -0.39 is 23.5 Å². The maximum Gasteiger partial charge on any atom is 0.295 e. The quantitative estimate of drug-likeness (QED) is 0.384. The van der Waals surface area contributed by atoms with Crippen LogP contribution in [0.1, 0.15) is 17.2 Å². The number of phenols is 1. The fraction of sp³-hybridized carbons (Fsp3) is 0.273.